The van der Waals surface area contributed by atoms with Crippen LogP contribution in [-0.4, -0.2) is 17.7 Å². The maximum atomic E-state index is 11.7. The SMILES string of the molecule is CC(C)(C)OC(=O)CC1Cc2ccccc2O1. The minimum absolute atomic E-state index is 0.0813. The van der Waals surface area contributed by atoms with Gasteiger partial charge >= 0.3 is 5.97 Å². The van der Waals surface area contributed by atoms with Gasteiger partial charge in [0.1, 0.15) is 17.5 Å². The minimum Gasteiger partial charge on any atom is -0.489 e. The Hall–Kier alpha value is -1.51. The van der Waals surface area contributed by atoms with E-state index in [1.165, 1.54) is 5.56 Å². The standard InChI is InChI=1S/C14H18O3/c1-14(2,3)17-13(15)9-11-8-10-6-4-5-7-12(10)16-11/h4-7,11H,8-9H2,1-3H3. The molecule has 0 amide bonds. The zero-order valence-corrected chi connectivity index (χ0v) is 10.5. The molecule has 17 heavy (non-hydrogen) atoms. The van der Waals surface area contributed by atoms with Gasteiger partial charge in [0.15, 0.2) is 0 Å². The van der Waals surface area contributed by atoms with Crippen molar-refractivity contribution < 1.29 is 14.3 Å². The van der Waals surface area contributed by atoms with Crippen molar-refractivity contribution in [3.8, 4) is 5.75 Å². The van der Waals surface area contributed by atoms with E-state index in [1.54, 1.807) is 0 Å². The van der Waals surface area contributed by atoms with Crippen molar-refractivity contribution in [3.05, 3.63) is 29.8 Å². The molecule has 0 spiro atoms. The summed E-state index contributed by atoms with van der Waals surface area (Å²) in [5, 5.41) is 0. The van der Waals surface area contributed by atoms with Crippen molar-refractivity contribution in [1.82, 2.24) is 0 Å². The predicted molar refractivity (Wildman–Crippen MR) is 65.0 cm³/mol. The molecular weight excluding hydrogens is 216 g/mol. The molecule has 0 aliphatic carbocycles. The highest BCUT2D eigenvalue weighted by molar-refractivity contribution is 5.70. The average molecular weight is 234 g/mol. The monoisotopic (exact) mass is 234 g/mol. The summed E-state index contributed by atoms with van der Waals surface area (Å²) in [5.41, 5.74) is 0.740. The third kappa shape index (κ3) is 3.22. The van der Waals surface area contributed by atoms with Gasteiger partial charge in [0.05, 0.1) is 6.42 Å². The van der Waals surface area contributed by atoms with Crippen LogP contribution < -0.4 is 4.74 Å². The van der Waals surface area contributed by atoms with Crippen LogP contribution in [-0.2, 0) is 16.0 Å². The summed E-state index contributed by atoms with van der Waals surface area (Å²) in [4.78, 5) is 11.7. The van der Waals surface area contributed by atoms with E-state index in [1.807, 2.05) is 45.0 Å². The van der Waals surface area contributed by atoms with E-state index in [2.05, 4.69) is 0 Å². The number of esters is 1. The van der Waals surface area contributed by atoms with Gasteiger partial charge in [0, 0.05) is 6.42 Å². The molecule has 0 bridgehead atoms. The number of ether oxygens (including phenoxy) is 2. The summed E-state index contributed by atoms with van der Waals surface area (Å²) < 4.78 is 11.0. The normalized spacial score (nSPS) is 18.4. The molecule has 1 aliphatic rings. The Morgan fingerprint density at radius 1 is 1.41 bits per heavy atom. The van der Waals surface area contributed by atoms with Crippen LogP contribution in [0.2, 0.25) is 0 Å². The van der Waals surface area contributed by atoms with Gasteiger partial charge in [0.2, 0.25) is 0 Å². The number of fused-ring (bicyclic) bond motifs is 1. The molecule has 0 radical (unpaired) electrons. The van der Waals surface area contributed by atoms with Crippen LogP contribution >= 0.6 is 0 Å². The Morgan fingerprint density at radius 3 is 2.76 bits per heavy atom. The Morgan fingerprint density at radius 2 is 2.12 bits per heavy atom. The van der Waals surface area contributed by atoms with E-state index >= 15 is 0 Å². The van der Waals surface area contributed by atoms with E-state index < -0.39 is 5.60 Å². The lowest BCUT2D eigenvalue weighted by molar-refractivity contribution is -0.156. The smallest absolute Gasteiger partial charge is 0.310 e. The van der Waals surface area contributed by atoms with Crippen molar-refractivity contribution in [1.29, 1.82) is 0 Å². The van der Waals surface area contributed by atoms with E-state index in [4.69, 9.17) is 9.47 Å². The van der Waals surface area contributed by atoms with Crippen LogP contribution in [0.4, 0.5) is 0 Å². The molecule has 0 aromatic heterocycles. The van der Waals surface area contributed by atoms with Gasteiger partial charge in [-0.15, -0.1) is 0 Å². The van der Waals surface area contributed by atoms with Gasteiger partial charge in [-0.25, -0.2) is 0 Å². The molecule has 0 fully saturated rings. The first-order valence-corrected chi connectivity index (χ1v) is 5.90. The Labute approximate surface area is 102 Å². The number of hydrogen-bond acceptors (Lipinski definition) is 3. The summed E-state index contributed by atoms with van der Waals surface area (Å²) >= 11 is 0. The Kier molecular flexibility index (Phi) is 3.09. The molecule has 1 atom stereocenters. The fraction of sp³-hybridized carbons (Fsp3) is 0.500. The summed E-state index contributed by atoms with van der Waals surface area (Å²) in [6, 6.07) is 7.89. The van der Waals surface area contributed by atoms with Crippen LogP contribution in [0.15, 0.2) is 24.3 Å². The summed E-state index contributed by atoms with van der Waals surface area (Å²) in [6.45, 7) is 5.61. The van der Waals surface area contributed by atoms with Crippen molar-refractivity contribution in [2.24, 2.45) is 0 Å². The zero-order chi connectivity index (χ0) is 12.5. The Bertz CT molecular complexity index is 393. The quantitative estimate of drug-likeness (QED) is 0.738. The van der Waals surface area contributed by atoms with Crippen LogP contribution in [0.3, 0.4) is 0 Å². The number of carbonyl (C=O) groups is 1. The summed E-state index contributed by atoms with van der Waals surface area (Å²) in [7, 11) is 0. The van der Waals surface area contributed by atoms with E-state index in [9.17, 15) is 4.79 Å². The molecule has 2 rings (SSSR count). The van der Waals surface area contributed by atoms with Crippen LogP contribution in [0.1, 0.15) is 32.8 Å². The first kappa shape index (κ1) is 12.0. The molecule has 1 heterocycles. The number of benzene rings is 1. The molecular formula is C14H18O3. The molecule has 0 saturated carbocycles. The molecule has 1 aromatic rings. The lowest BCUT2D eigenvalue weighted by Gasteiger charge is -2.20. The molecule has 0 saturated heterocycles. The van der Waals surface area contributed by atoms with Gasteiger partial charge in [-0.3, -0.25) is 4.79 Å². The van der Waals surface area contributed by atoms with Crippen molar-refractivity contribution in [3.63, 3.8) is 0 Å². The lowest BCUT2D eigenvalue weighted by Crippen LogP contribution is -2.27. The summed E-state index contributed by atoms with van der Waals surface area (Å²) in [6.07, 6.45) is 1.02. The number of hydrogen-bond donors (Lipinski definition) is 0. The molecule has 0 N–H and O–H groups in total. The highest BCUT2D eigenvalue weighted by atomic mass is 16.6. The predicted octanol–water partition coefficient (Wildman–Crippen LogP) is 2.72. The number of rotatable bonds is 2. The second kappa shape index (κ2) is 4.40. The second-order valence-electron chi connectivity index (χ2n) is 5.34. The highest BCUT2D eigenvalue weighted by Crippen LogP contribution is 2.29. The van der Waals surface area contributed by atoms with Gasteiger partial charge in [-0.2, -0.15) is 0 Å². The molecule has 3 heteroatoms. The maximum absolute atomic E-state index is 11.7. The van der Waals surface area contributed by atoms with Gasteiger partial charge in [0.25, 0.3) is 0 Å². The highest BCUT2D eigenvalue weighted by Gasteiger charge is 2.27. The third-order valence-electron chi connectivity index (χ3n) is 2.53. The topological polar surface area (TPSA) is 35.5 Å². The van der Waals surface area contributed by atoms with Crippen LogP contribution in [0.5, 0.6) is 5.75 Å². The first-order valence-electron chi connectivity index (χ1n) is 5.90. The summed E-state index contributed by atoms with van der Waals surface area (Å²) in [5.74, 6) is 0.691. The average Bonchev–Trinajstić information content (AvgIpc) is 2.55. The lowest BCUT2D eigenvalue weighted by atomic mass is 10.1. The van der Waals surface area contributed by atoms with Gasteiger partial charge in [-0.1, -0.05) is 18.2 Å². The van der Waals surface area contributed by atoms with Crippen molar-refractivity contribution in [2.75, 3.05) is 0 Å². The maximum Gasteiger partial charge on any atom is 0.310 e. The molecule has 92 valence electrons. The number of carbonyl (C=O) groups excluding carboxylic acids is 1. The molecule has 1 unspecified atom stereocenters. The van der Waals surface area contributed by atoms with Crippen LogP contribution in [0.25, 0.3) is 0 Å². The van der Waals surface area contributed by atoms with Crippen LogP contribution in [0, 0.1) is 0 Å². The van der Waals surface area contributed by atoms with Crippen molar-refractivity contribution >= 4 is 5.97 Å². The second-order valence-corrected chi connectivity index (χ2v) is 5.34. The Balaban J connectivity index is 1.90. The van der Waals surface area contributed by atoms with Gasteiger partial charge < -0.3 is 9.47 Å². The fourth-order valence-electron chi connectivity index (χ4n) is 1.94. The van der Waals surface area contributed by atoms with E-state index in [-0.39, 0.29) is 12.1 Å². The molecule has 1 aromatic carbocycles. The van der Waals surface area contributed by atoms with Crippen molar-refractivity contribution in [2.45, 2.75) is 45.3 Å². The van der Waals surface area contributed by atoms with E-state index in [0.717, 1.165) is 12.2 Å². The third-order valence-corrected chi connectivity index (χ3v) is 2.53. The van der Waals surface area contributed by atoms with E-state index in [0.29, 0.717) is 6.42 Å². The zero-order valence-electron chi connectivity index (χ0n) is 10.5. The largest absolute Gasteiger partial charge is 0.489 e. The number of para-hydroxylation sites is 1. The molecule has 3 nitrogen and oxygen atoms in total. The molecule has 1 aliphatic heterocycles. The fourth-order valence-corrected chi connectivity index (χ4v) is 1.94. The first-order chi connectivity index (χ1) is 7.94. The minimum atomic E-state index is -0.428. The van der Waals surface area contributed by atoms with Gasteiger partial charge in [-0.05, 0) is 32.4 Å².